The maximum Gasteiger partial charge on any atom is 0.262 e. The topological polar surface area (TPSA) is 77.1 Å². The Bertz CT molecular complexity index is 799. The zero-order chi connectivity index (χ0) is 20.5. The van der Waals surface area contributed by atoms with Crippen LogP contribution < -0.4 is 14.8 Å². The fraction of sp³-hybridized carbons (Fsp3) is 0.364. The third-order valence-electron chi connectivity index (χ3n) is 4.46. The van der Waals surface area contributed by atoms with Crippen LogP contribution in [0, 0.1) is 0 Å². The van der Waals surface area contributed by atoms with Gasteiger partial charge in [0.15, 0.2) is 6.61 Å². The molecule has 3 rings (SSSR count). The van der Waals surface area contributed by atoms with Crippen molar-refractivity contribution in [1.82, 2.24) is 4.90 Å². The molecule has 1 heterocycles. The summed E-state index contributed by atoms with van der Waals surface area (Å²) in [6, 6.07) is 14.4. The quantitative estimate of drug-likeness (QED) is 0.739. The third kappa shape index (κ3) is 6.50. The first-order valence-corrected chi connectivity index (χ1v) is 9.74. The molecule has 0 aromatic heterocycles. The van der Waals surface area contributed by atoms with Gasteiger partial charge in [0.2, 0.25) is 5.91 Å². The molecule has 0 bridgehead atoms. The third-order valence-corrected chi connectivity index (χ3v) is 4.46. The van der Waals surface area contributed by atoms with Crippen molar-refractivity contribution in [3.63, 3.8) is 0 Å². The van der Waals surface area contributed by atoms with Gasteiger partial charge in [0, 0.05) is 18.8 Å². The van der Waals surface area contributed by atoms with E-state index in [1.165, 1.54) is 0 Å². The molecule has 7 heteroatoms. The monoisotopic (exact) mass is 398 g/mol. The number of nitrogens with zero attached hydrogens (tertiary/aromatic N) is 1. The van der Waals surface area contributed by atoms with Crippen LogP contribution in [0.1, 0.15) is 12.5 Å². The first-order chi connectivity index (χ1) is 14.1. The first-order valence-electron chi connectivity index (χ1n) is 9.74. The number of carbonyl (C=O) groups is 2. The minimum absolute atomic E-state index is 0.0915. The van der Waals surface area contributed by atoms with E-state index in [9.17, 15) is 9.59 Å². The molecule has 1 N–H and O–H groups in total. The van der Waals surface area contributed by atoms with E-state index in [1.54, 1.807) is 36.4 Å². The Morgan fingerprint density at radius 1 is 0.966 bits per heavy atom. The number of morpholine rings is 1. The Morgan fingerprint density at radius 3 is 2.21 bits per heavy atom. The molecule has 2 aromatic rings. The molecule has 0 saturated carbocycles. The number of anilines is 1. The van der Waals surface area contributed by atoms with Crippen molar-refractivity contribution in [1.29, 1.82) is 0 Å². The van der Waals surface area contributed by atoms with Crippen molar-refractivity contribution in [2.75, 3.05) is 44.8 Å². The highest BCUT2D eigenvalue weighted by Crippen LogP contribution is 2.17. The van der Waals surface area contributed by atoms with Crippen LogP contribution in [0.2, 0.25) is 0 Å². The van der Waals surface area contributed by atoms with E-state index in [0.717, 1.165) is 11.3 Å². The summed E-state index contributed by atoms with van der Waals surface area (Å²) >= 11 is 0. The summed E-state index contributed by atoms with van der Waals surface area (Å²) < 4.78 is 16.1. The zero-order valence-corrected chi connectivity index (χ0v) is 16.6. The smallest absolute Gasteiger partial charge is 0.262 e. The van der Waals surface area contributed by atoms with E-state index in [2.05, 4.69) is 5.32 Å². The van der Waals surface area contributed by atoms with Crippen molar-refractivity contribution in [2.24, 2.45) is 0 Å². The lowest BCUT2D eigenvalue weighted by Gasteiger charge is -2.26. The Balaban J connectivity index is 1.43. The van der Waals surface area contributed by atoms with Crippen LogP contribution in [-0.4, -0.2) is 56.2 Å². The number of hydrogen-bond donors (Lipinski definition) is 1. The summed E-state index contributed by atoms with van der Waals surface area (Å²) in [5.41, 5.74) is 1.57. The van der Waals surface area contributed by atoms with E-state index in [4.69, 9.17) is 14.2 Å². The van der Waals surface area contributed by atoms with Crippen LogP contribution in [-0.2, 0) is 20.7 Å². The Kier molecular flexibility index (Phi) is 7.47. The van der Waals surface area contributed by atoms with Gasteiger partial charge in [-0.05, 0) is 48.9 Å². The second-order valence-corrected chi connectivity index (χ2v) is 6.61. The number of rotatable bonds is 8. The van der Waals surface area contributed by atoms with E-state index in [0.29, 0.717) is 50.8 Å². The van der Waals surface area contributed by atoms with E-state index >= 15 is 0 Å². The molecule has 2 aromatic carbocycles. The highest BCUT2D eigenvalue weighted by molar-refractivity contribution is 5.92. The van der Waals surface area contributed by atoms with Crippen LogP contribution in [0.4, 0.5) is 5.69 Å². The Morgan fingerprint density at radius 2 is 1.59 bits per heavy atom. The van der Waals surface area contributed by atoms with Crippen molar-refractivity contribution in [3.05, 3.63) is 54.1 Å². The lowest BCUT2D eigenvalue weighted by atomic mass is 10.1. The molecule has 0 unspecified atom stereocenters. The van der Waals surface area contributed by atoms with Crippen LogP contribution in [0.5, 0.6) is 11.5 Å². The van der Waals surface area contributed by atoms with Crippen LogP contribution in [0.15, 0.2) is 48.5 Å². The van der Waals surface area contributed by atoms with E-state index in [1.807, 2.05) is 24.0 Å². The van der Waals surface area contributed by atoms with Gasteiger partial charge < -0.3 is 24.4 Å². The van der Waals surface area contributed by atoms with Gasteiger partial charge in [-0.1, -0.05) is 12.1 Å². The number of carbonyl (C=O) groups excluding carboxylic acids is 2. The van der Waals surface area contributed by atoms with Gasteiger partial charge in [0.25, 0.3) is 5.91 Å². The maximum absolute atomic E-state index is 12.3. The second kappa shape index (κ2) is 10.5. The molecular formula is C22H26N2O5. The highest BCUT2D eigenvalue weighted by atomic mass is 16.5. The van der Waals surface area contributed by atoms with E-state index < -0.39 is 0 Å². The van der Waals surface area contributed by atoms with Crippen molar-refractivity contribution in [3.8, 4) is 11.5 Å². The second-order valence-electron chi connectivity index (χ2n) is 6.61. The van der Waals surface area contributed by atoms with E-state index in [-0.39, 0.29) is 18.4 Å². The molecule has 154 valence electrons. The molecule has 7 nitrogen and oxygen atoms in total. The number of hydrogen-bond acceptors (Lipinski definition) is 5. The minimum Gasteiger partial charge on any atom is -0.494 e. The molecule has 0 radical (unpaired) electrons. The van der Waals surface area contributed by atoms with Gasteiger partial charge in [-0.3, -0.25) is 9.59 Å². The summed E-state index contributed by atoms with van der Waals surface area (Å²) in [5.74, 6) is 1.20. The highest BCUT2D eigenvalue weighted by Gasteiger charge is 2.16. The predicted octanol–water partition coefficient (Wildman–Crippen LogP) is 2.50. The molecule has 0 aliphatic carbocycles. The molecule has 1 fully saturated rings. The average molecular weight is 398 g/mol. The van der Waals surface area contributed by atoms with Crippen LogP contribution >= 0.6 is 0 Å². The maximum atomic E-state index is 12.3. The van der Waals surface area contributed by atoms with Gasteiger partial charge in [0.05, 0.1) is 26.2 Å². The average Bonchev–Trinajstić information content (AvgIpc) is 2.75. The van der Waals surface area contributed by atoms with Crippen LogP contribution in [0.3, 0.4) is 0 Å². The first kappa shape index (κ1) is 20.7. The molecule has 29 heavy (non-hydrogen) atoms. The lowest BCUT2D eigenvalue weighted by Crippen LogP contribution is -2.41. The largest absolute Gasteiger partial charge is 0.494 e. The zero-order valence-electron chi connectivity index (χ0n) is 16.6. The van der Waals surface area contributed by atoms with Gasteiger partial charge in [-0.25, -0.2) is 0 Å². The molecule has 2 amide bonds. The fourth-order valence-corrected chi connectivity index (χ4v) is 2.95. The van der Waals surface area contributed by atoms with Gasteiger partial charge in [-0.15, -0.1) is 0 Å². The lowest BCUT2D eigenvalue weighted by molar-refractivity contribution is -0.134. The summed E-state index contributed by atoms with van der Waals surface area (Å²) in [5, 5.41) is 2.79. The van der Waals surface area contributed by atoms with Crippen molar-refractivity contribution < 1.29 is 23.8 Å². The fourth-order valence-electron chi connectivity index (χ4n) is 2.95. The summed E-state index contributed by atoms with van der Waals surface area (Å²) in [6.45, 7) is 4.89. The molecule has 1 saturated heterocycles. The number of benzene rings is 2. The summed E-state index contributed by atoms with van der Waals surface area (Å²) in [6.07, 6.45) is 0.342. The number of nitrogens with one attached hydrogen (secondary N) is 1. The summed E-state index contributed by atoms with van der Waals surface area (Å²) in [4.78, 5) is 26.2. The molecule has 1 aliphatic heterocycles. The Hall–Kier alpha value is -3.06. The molecule has 1 aliphatic rings. The number of ether oxygens (including phenoxy) is 3. The molecule has 0 atom stereocenters. The predicted molar refractivity (Wildman–Crippen MR) is 109 cm³/mol. The normalized spacial score (nSPS) is 13.6. The molecule has 0 spiro atoms. The van der Waals surface area contributed by atoms with Gasteiger partial charge in [-0.2, -0.15) is 0 Å². The molecular weight excluding hydrogens is 372 g/mol. The van der Waals surface area contributed by atoms with Crippen molar-refractivity contribution >= 4 is 17.5 Å². The minimum atomic E-state index is -0.254. The summed E-state index contributed by atoms with van der Waals surface area (Å²) in [7, 11) is 0. The standard InChI is InChI=1S/C22H26N2O5/c1-2-28-19-7-9-20(10-8-19)29-16-21(25)23-18-5-3-17(4-6-18)15-22(26)24-11-13-27-14-12-24/h3-10H,2,11-16H2,1H3,(H,23,25). The van der Waals surface area contributed by atoms with Gasteiger partial charge in [0.1, 0.15) is 11.5 Å². The number of amides is 2. The van der Waals surface area contributed by atoms with Crippen molar-refractivity contribution in [2.45, 2.75) is 13.3 Å². The Labute approximate surface area is 170 Å². The van der Waals surface area contributed by atoms with Crippen LogP contribution in [0.25, 0.3) is 0 Å². The SMILES string of the molecule is CCOc1ccc(OCC(=O)Nc2ccc(CC(=O)N3CCOCC3)cc2)cc1. The van der Waals surface area contributed by atoms with Gasteiger partial charge >= 0.3 is 0 Å².